The van der Waals surface area contributed by atoms with E-state index in [1.165, 1.54) is 20.0 Å². The number of amides is 1. The molecule has 1 fully saturated rings. The minimum Gasteiger partial charge on any atom is -0.496 e. The van der Waals surface area contributed by atoms with Gasteiger partial charge in [0, 0.05) is 19.2 Å². The van der Waals surface area contributed by atoms with Gasteiger partial charge in [-0.05, 0) is 37.9 Å². The lowest BCUT2D eigenvalue weighted by Crippen LogP contribution is -2.39. The summed E-state index contributed by atoms with van der Waals surface area (Å²) in [5.74, 6) is 1.06. The normalized spacial score (nSPS) is 15.1. The molecule has 1 aliphatic heterocycles. The van der Waals surface area contributed by atoms with Gasteiger partial charge in [0.05, 0.1) is 23.4 Å². The first-order valence-corrected chi connectivity index (χ1v) is 8.02. The lowest BCUT2D eigenvalue weighted by molar-refractivity contribution is 0.0941. The second kappa shape index (κ2) is 10.9. The van der Waals surface area contributed by atoms with Crippen molar-refractivity contribution in [3.05, 3.63) is 22.7 Å². The van der Waals surface area contributed by atoms with Crippen LogP contribution in [0.5, 0.6) is 5.75 Å². The van der Waals surface area contributed by atoms with Gasteiger partial charge in [0.1, 0.15) is 5.75 Å². The third-order valence-electron chi connectivity index (χ3n) is 4.15. The highest BCUT2D eigenvalue weighted by molar-refractivity contribution is 6.33. The number of nitrogen functional groups attached to an aromatic ring is 1. The van der Waals surface area contributed by atoms with Crippen molar-refractivity contribution in [2.24, 2.45) is 5.92 Å². The first-order chi connectivity index (χ1) is 10.5. The number of nitrogens with one attached hydrogen (secondary N) is 1. The topological polar surface area (TPSA) is 67.6 Å². The second-order valence-electron chi connectivity index (χ2n) is 5.85. The van der Waals surface area contributed by atoms with Crippen LogP contribution in [0, 0.1) is 5.92 Å². The molecule has 24 heavy (non-hydrogen) atoms. The van der Waals surface area contributed by atoms with Crippen molar-refractivity contribution >= 4 is 48.0 Å². The number of benzene rings is 1. The van der Waals surface area contributed by atoms with Gasteiger partial charge in [-0.2, -0.15) is 0 Å². The van der Waals surface area contributed by atoms with Crippen LogP contribution >= 0.6 is 36.4 Å². The van der Waals surface area contributed by atoms with Gasteiger partial charge in [0.2, 0.25) is 0 Å². The highest BCUT2D eigenvalue weighted by Crippen LogP contribution is 2.28. The first-order valence-electron chi connectivity index (χ1n) is 7.64. The average molecular weight is 399 g/mol. The van der Waals surface area contributed by atoms with Gasteiger partial charge < -0.3 is 20.7 Å². The van der Waals surface area contributed by atoms with Gasteiger partial charge in [-0.3, -0.25) is 4.79 Å². The Balaban J connectivity index is 0.00000264. The van der Waals surface area contributed by atoms with Crippen molar-refractivity contribution in [2.45, 2.75) is 19.8 Å². The van der Waals surface area contributed by atoms with Crippen LogP contribution in [0.3, 0.4) is 0 Å². The van der Waals surface area contributed by atoms with E-state index in [1.807, 2.05) is 0 Å². The summed E-state index contributed by atoms with van der Waals surface area (Å²) in [5.41, 5.74) is 6.54. The molecule has 1 aromatic rings. The number of hydrogen-bond acceptors (Lipinski definition) is 4. The summed E-state index contributed by atoms with van der Waals surface area (Å²) in [6, 6.07) is 3.12. The summed E-state index contributed by atoms with van der Waals surface area (Å²) in [5, 5.41) is 3.28. The zero-order valence-electron chi connectivity index (χ0n) is 14.0. The molecule has 2 rings (SSSR count). The van der Waals surface area contributed by atoms with E-state index < -0.39 is 0 Å². The second-order valence-corrected chi connectivity index (χ2v) is 6.26. The van der Waals surface area contributed by atoms with Gasteiger partial charge in [0.15, 0.2) is 0 Å². The monoisotopic (exact) mass is 397 g/mol. The minimum atomic E-state index is -0.191. The Hall–Kier alpha value is -0.880. The average Bonchev–Trinajstić information content (AvgIpc) is 2.51. The number of carbonyl (C=O) groups excluding carboxylic acids is 1. The van der Waals surface area contributed by atoms with Crippen LogP contribution < -0.4 is 15.8 Å². The molecule has 5 nitrogen and oxygen atoms in total. The number of nitrogens with zero attached hydrogens (tertiary/aromatic N) is 1. The molecule has 0 spiro atoms. The van der Waals surface area contributed by atoms with E-state index in [0.29, 0.717) is 28.6 Å². The maximum Gasteiger partial charge on any atom is 0.255 e. The van der Waals surface area contributed by atoms with Gasteiger partial charge in [0.25, 0.3) is 5.91 Å². The van der Waals surface area contributed by atoms with E-state index >= 15 is 0 Å². The van der Waals surface area contributed by atoms with E-state index in [4.69, 9.17) is 22.1 Å². The Morgan fingerprint density at radius 2 is 2.00 bits per heavy atom. The Morgan fingerprint density at radius 1 is 1.38 bits per heavy atom. The molecule has 0 unspecified atom stereocenters. The lowest BCUT2D eigenvalue weighted by Gasteiger charge is -2.30. The quantitative estimate of drug-likeness (QED) is 0.747. The molecule has 138 valence electrons. The molecule has 0 saturated carbocycles. The third-order valence-corrected chi connectivity index (χ3v) is 4.48. The van der Waals surface area contributed by atoms with Crippen LogP contribution in [0.25, 0.3) is 0 Å². The fraction of sp³-hybridized carbons (Fsp3) is 0.562. The molecule has 1 heterocycles. The van der Waals surface area contributed by atoms with Crippen molar-refractivity contribution in [1.29, 1.82) is 0 Å². The maximum atomic E-state index is 12.3. The van der Waals surface area contributed by atoms with Crippen LogP contribution in [0.1, 0.15) is 30.1 Å². The number of carbonyl (C=O) groups is 1. The highest BCUT2D eigenvalue weighted by atomic mass is 35.5. The van der Waals surface area contributed by atoms with Crippen LogP contribution in [0.2, 0.25) is 5.02 Å². The number of nitrogens with two attached hydrogens (primary N) is 1. The van der Waals surface area contributed by atoms with E-state index in [9.17, 15) is 4.79 Å². The number of anilines is 1. The summed E-state index contributed by atoms with van der Waals surface area (Å²) < 4.78 is 5.20. The van der Waals surface area contributed by atoms with Gasteiger partial charge in [-0.15, -0.1) is 24.8 Å². The summed E-state index contributed by atoms with van der Waals surface area (Å²) in [6.45, 7) is 5.97. The Bertz CT molecular complexity index is 536. The van der Waals surface area contributed by atoms with Crippen LogP contribution in [0.15, 0.2) is 12.1 Å². The molecule has 0 aliphatic carbocycles. The Kier molecular flexibility index (Phi) is 10.5. The highest BCUT2D eigenvalue weighted by Gasteiger charge is 2.17. The molecular formula is C16H26Cl3N3O2. The molecule has 8 heteroatoms. The number of piperidine rings is 1. The first kappa shape index (κ1) is 23.1. The van der Waals surface area contributed by atoms with Crippen molar-refractivity contribution in [1.82, 2.24) is 10.2 Å². The summed E-state index contributed by atoms with van der Waals surface area (Å²) in [6.07, 6.45) is 2.46. The van der Waals surface area contributed by atoms with Crippen LogP contribution in [-0.2, 0) is 0 Å². The predicted octanol–water partition coefficient (Wildman–Crippen LogP) is 3.24. The maximum absolute atomic E-state index is 12.3. The summed E-state index contributed by atoms with van der Waals surface area (Å²) >= 11 is 5.99. The van der Waals surface area contributed by atoms with Crippen molar-refractivity contribution in [3.8, 4) is 5.75 Å². The Labute approximate surface area is 161 Å². The molecule has 0 atom stereocenters. The number of hydrogen-bond donors (Lipinski definition) is 2. The fourth-order valence-corrected chi connectivity index (χ4v) is 2.79. The number of halogens is 3. The van der Waals surface area contributed by atoms with Crippen LogP contribution in [0.4, 0.5) is 5.69 Å². The van der Waals surface area contributed by atoms with E-state index in [2.05, 4.69) is 17.1 Å². The fourth-order valence-electron chi connectivity index (χ4n) is 2.62. The lowest BCUT2D eigenvalue weighted by atomic mass is 9.99. The third kappa shape index (κ3) is 6.20. The van der Waals surface area contributed by atoms with Gasteiger partial charge >= 0.3 is 0 Å². The number of ether oxygens (including phenoxy) is 1. The molecule has 1 aromatic carbocycles. The number of likely N-dealkylation sites (tertiary alicyclic amines) is 1. The largest absolute Gasteiger partial charge is 0.496 e. The van der Waals surface area contributed by atoms with E-state index in [0.717, 1.165) is 25.6 Å². The smallest absolute Gasteiger partial charge is 0.255 e. The molecule has 0 bridgehead atoms. The molecular weight excluding hydrogens is 373 g/mol. The molecule has 0 aromatic heterocycles. The molecule has 1 amide bonds. The number of rotatable bonds is 5. The standard InChI is InChI=1S/C16H24ClN3O2.2ClH/c1-11-3-6-20(7-4-11)8-5-19-16(21)12-9-13(17)14(18)10-15(12)22-2;;/h9-11H,3-8,18H2,1-2H3,(H,19,21);2*1H. The van der Waals surface area contributed by atoms with Crippen molar-refractivity contribution in [2.75, 3.05) is 39.0 Å². The molecule has 0 radical (unpaired) electrons. The van der Waals surface area contributed by atoms with E-state index in [-0.39, 0.29) is 30.7 Å². The Morgan fingerprint density at radius 3 is 2.58 bits per heavy atom. The summed E-state index contributed by atoms with van der Waals surface area (Å²) in [4.78, 5) is 14.7. The zero-order chi connectivity index (χ0) is 16.1. The van der Waals surface area contributed by atoms with Crippen molar-refractivity contribution < 1.29 is 9.53 Å². The van der Waals surface area contributed by atoms with Crippen molar-refractivity contribution in [3.63, 3.8) is 0 Å². The van der Waals surface area contributed by atoms with Gasteiger partial charge in [-0.1, -0.05) is 18.5 Å². The van der Waals surface area contributed by atoms with Crippen LogP contribution in [-0.4, -0.2) is 44.1 Å². The van der Waals surface area contributed by atoms with E-state index in [1.54, 1.807) is 12.1 Å². The minimum absolute atomic E-state index is 0. The zero-order valence-corrected chi connectivity index (χ0v) is 16.4. The summed E-state index contributed by atoms with van der Waals surface area (Å²) in [7, 11) is 1.51. The molecule has 1 saturated heterocycles. The number of methoxy groups -OCH3 is 1. The molecule has 3 N–H and O–H groups in total. The van der Waals surface area contributed by atoms with Gasteiger partial charge in [-0.25, -0.2) is 0 Å². The SMILES string of the molecule is COc1cc(N)c(Cl)cc1C(=O)NCCN1CCC(C)CC1.Cl.Cl. The predicted molar refractivity (Wildman–Crippen MR) is 104 cm³/mol. The molecule has 1 aliphatic rings.